The van der Waals surface area contributed by atoms with Crippen molar-refractivity contribution in [3.8, 4) is 0 Å². The minimum Gasteiger partial charge on any atom is -0.324 e. The summed E-state index contributed by atoms with van der Waals surface area (Å²) in [4.78, 5) is 10.2. The highest BCUT2D eigenvalue weighted by Crippen LogP contribution is 2.22. The van der Waals surface area contributed by atoms with Crippen LogP contribution in [-0.4, -0.2) is 4.92 Å². The molecule has 0 radical (unpaired) electrons. The smallest absolute Gasteiger partial charge is 0.269 e. The van der Waals surface area contributed by atoms with Crippen LogP contribution in [0.25, 0.3) is 0 Å². The third-order valence-corrected chi connectivity index (χ3v) is 2.56. The highest BCUT2D eigenvalue weighted by atomic mass is 35.5. The van der Waals surface area contributed by atoms with E-state index in [4.69, 9.17) is 5.73 Å². The van der Waals surface area contributed by atoms with E-state index in [9.17, 15) is 10.1 Å². The summed E-state index contributed by atoms with van der Waals surface area (Å²) in [6, 6.07) is 6.46. The lowest BCUT2D eigenvalue weighted by molar-refractivity contribution is -0.384. The minimum atomic E-state index is -0.390. The number of nitro benzene ring substituents is 1. The first kappa shape index (κ1) is 15.9. The van der Waals surface area contributed by atoms with E-state index in [1.165, 1.54) is 6.07 Å². The number of nitrogens with zero attached hydrogens (tertiary/aromatic N) is 1. The molecular formula is C12H19ClN2O2. The van der Waals surface area contributed by atoms with Crippen LogP contribution in [0.4, 0.5) is 5.69 Å². The summed E-state index contributed by atoms with van der Waals surface area (Å²) in [5.41, 5.74) is 6.94. The van der Waals surface area contributed by atoms with Crippen molar-refractivity contribution in [1.82, 2.24) is 0 Å². The molecule has 1 aromatic rings. The van der Waals surface area contributed by atoms with Crippen molar-refractivity contribution in [1.29, 1.82) is 0 Å². The summed E-state index contributed by atoms with van der Waals surface area (Å²) in [6.07, 6.45) is 1.89. The molecule has 4 nitrogen and oxygen atoms in total. The van der Waals surface area contributed by atoms with Gasteiger partial charge in [0.15, 0.2) is 0 Å². The zero-order chi connectivity index (χ0) is 12.1. The van der Waals surface area contributed by atoms with Crippen LogP contribution in [0.3, 0.4) is 0 Å². The molecule has 0 aliphatic carbocycles. The fourth-order valence-electron chi connectivity index (χ4n) is 1.55. The van der Waals surface area contributed by atoms with Crippen LogP contribution in [0.5, 0.6) is 0 Å². The molecule has 0 bridgehead atoms. The van der Waals surface area contributed by atoms with E-state index < -0.39 is 4.92 Å². The van der Waals surface area contributed by atoms with Crippen LogP contribution >= 0.6 is 12.4 Å². The Morgan fingerprint density at radius 3 is 2.53 bits per heavy atom. The van der Waals surface area contributed by atoms with Crippen molar-refractivity contribution in [3.05, 3.63) is 39.9 Å². The van der Waals surface area contributed by atoms with Crippen LogP contribution in [0.15, 0.2) is 24.3 Å². The molecule has 0 aromatic heterocycles. The fraction of sp³-hybridized carbons (Fsp3) is 0.500. The summed E-state index contributed by atoms with van der Waals surface area (Å²) in [5.74, 6) is 0.602. The number of nitrogens with two attached hydrogens (primary N) is 1. The second kappa shape index (κ2) is 7.25. The molecule has 0 saturated carbocycles. The normalized spacial score (nSPS) is 12.0. The van der Waals surface area contributed by atoms with Crippen LogP contribution in [0.1, 0.15) is 38.3 Å². The van der Waals surface area contributed by atoms with Gasteiger partial charge in [-0.25, -0.2) is 0 Å². The summed E-state index contributed by atoms with van der Waals surface area (Å²) < 4.78 is 0. The Labute approximate surface area is 108 Å². The van der Waals surface area contributed by atoms with Crippen molar-refractivity contribution in [2.24, 2.45) is 11.7 Å². The Hall–Kier alpha value is -1.13. The molecule has 0 aliphatic heterocycles. The standard InChI is InChI=1S/C12H18N2O2.ClH/c1-9(2)6-7-12(13)10-4-3-5-11(8-10)14(15)16;/h3-5,8-9,12H,6-7,13H2,1-2H3;1H/t12-;/m1./s1. The lowest BCUT2D eigenvalue weighted by Gasteiger charge is -2.13. The van der Waals surface area contributed by atoms with Crippen molar-refractivity contribution in [2.75, 3.05) is 0 Å². The topological polar surface area (TPSA) is 69.2 Å². The lowest BCUT2D eigenvalue weighted by atomic mass is 9.98. The number of halogens is 1. The largest absolute Gasteiger partial charge is 0.324 e. The molecule has 0 aliphatic rings. The van der Waals surface area contributed by atoms with Gasteiger partial charge in [-0.1, -0.05) is 26.0 Å². The van der Waals surface area contributed by atoms with E-state index in [-0.39, 0.29) is 24.1 Å². The maximum absolute atomic E-state index is 10.6. The van der Waals surface area contributed by atoms with Gasteiger partial charge in [0.2, 0.25) is 0 Å². The molecule has 1 aromatic carbocycles. The van der Waals surface area contributed by atoms with Crippen LogP contribution in [0.2, 0.25) is 0 Å². The molecule has 0 heterocycles. The maximum Gasteiger partial charge on any atom is 0.269 e. The third kappa shape index (κ3) is 5.15. The third-order valence-electron chi connectivity index (χ3n) is 2.56. The van der Waals surface area contributed by atoms with Crippen molar-refractivity contribution in [2.45, 2.75) is 32.7 Å². The molecule has 0 saturated heterocycles. The first-order chi connectivity index (χ1) is 7.50. The van der Waals surface area contributed by atoms with Gasteiger partial charge in [0.1, 0.15) is 0 Å². The van der Waals surface area contributed by atoms with Gasteiger partial charge in [-0.15, -0.1) is 12.4 Å². The average Bonchev–Trinajstić information content (AvgIpc) is 2.26. The number of hydrogen-bond donors (Lipinski definition) is 1. The number of rotatable bonds is 5. The number of benzene rings is 1. The van der Waals surface area contributed by atoms with Crippen LogP contribution in [0, 0.1) is 16.0 Å². The Kier molecular flexibility index (Phi) is 6.76. The first-order valence-corrected chi connectivity index (χ1v) is 5.50. The summed E-state index contributed by atoms with van der Waals surface area (Å²) in [7, 11) is 0. The van der Waals surface area contributed by atoms with Gasteiger partial charge in [-0.2, -0.15) is 0 Å². The van der Waals surface area contributed by atoms with Gasteiger partial charge in [-0.05, 0) is 24.3 Å². The lowest BCUT2D eigenvalue weighted by Crippen LogP contribution is -2.11. The molecule has 5 heteroatoms. The molecular weight excluding hydrogens is 240 g/mol. The van der Waals surface area contributed by atoms with Gasteiger partial charge in [0, 0.05) is 18.2 Å². The molecule has 0 unspecified atom stereocenters. The summed E-state index contributed by atoms with van der Waals surface area (Å²) in [6.45, 7) is 4.28. The predicted octanol–water partition coefficient (Wildman–Crippen LogP) is 3.45. The SMILES string of the molecule is CC(C)CC[C@@H](N)c1cccc([N+](=O)[O-])c1.Cl. The van der Waals surface area contributed by atoms with E-state index >= 15 is 0 Å². The second-order valence-electron chi connectivity index (χ2n) is 4.43. The zero-order valence-corrected chi connectivity index (χ0v) is 10.9. The highest BCUT2D eigenvalue weighted by molar-refractivity contribution is 5.85. The van der Waals surface area contributed by atoms with E-state index in [1.807, 2.05) is 6.07 Å². The summed E-state index contributed by atoms with van der Waals surface area (Å²) >= 11 is 0. The summed E-state index contributed by atoms with van der Waals surface area (Å²) in [5, 5.41) is 10.6. The second-order valence-corrected chi connectivity index (χ2v) is 4.43. The molecule has 2 N–H and O–H groups in total. The maximum atomic E-state index is 10.6. The van der Waals surface area contributed by atoms with Gasteiger partial charge in [0.05, 0.1) is 4.92 Å². The molecule has 96 valence electrons. The number of non-ortho nitro benzene ring substituents is 1. The molecule has 0 fully saturated rings. The van der Waals surface area contributed by atoms with E-state index in [2.05, 4.69) is 13.8 Å². The zero-order valence-electron chi connectivity index (χ0n) is 10.1. The van der Waals surface area contributed by atoms with E-state index in [0.29, 0.717) is 5.92 Å². The molecule has 1 rings (SSSR count). The van der Waals surface area contributed by atoms with Gasteiger partial charge in [-0.3, -0.25) is 10.1 Å². The van der Waals surface area contributed by atoms with Crippen LogP contribution in [-0.2, 0) is 0 Å². The Morgan fingerprint density at radius 1 is 1.35 bits per heavy atom. The Bertz CT molecular complexity index is 369. The first-order valence-electron chi connectivity index (χ1n) is 5.50. The van der Waals surface area contributed by atoms with Gasteiger partial charge < -0.3 is 5.73 Å². The van der Waals surface area contributed by atoms with Crippen LogP contribution < -0.4 is 5.73 Å². The monoisotopic (exact) mass is 258 g/mol. The number of nitro groups is 1. The van der Waals surface area contributed by atoms with Gasteiger partial charge in [0.25, 0.3) is 5.69 Å². The van der Waals surface area contributed by atoms with Gasteiger partial charge >= 0.3 is 0 Å². The molecule has 1 atom stereocenters. The molecule has 0 spiro atoms. The highest BCUT2D eigenvalue weighted by Gasteiger charge is 2.11. The van der Waals surface area contributed by atoms with E-state index in [0.717, 1.165) is 18.4 Å². The van der Waals surface area contributed by atoms with E-state index in [1.54, 1.807) is 12.1 Å². The Balaban J connectivity index is 0.00000256. The quantitative estimate of drug-likeness (QED) is 0.650. The molecule has 17 heavy (non-hydrogen) atoms. The van der Waals surface area contributed by atoms with Crippen molar-refractivity contribution in [3.63, 3.8) is 0 Å². The average molecular weight is 259 g/mol. The van der Waals surface area contributed by atoms with Crippen molar-refractivity contribution >= 4 is 18.1 Å². The minimum absolute atomic E-state index is 0. The Morgan fingerprint density at radius 2 is 2.00 bits per heavy atom. The predicted molar refractivity (Wildman–Crippen MR) is 71.3 cm³/mol. The number of hydrogen-bond acceptors (Lipinski definition) is 3. The van der Waals surface area contributed by atoms with Crippen molar-refractivity contribution < 1.29 is 4.92 Å². The molecule has 0 amide bonds. The fourth-order valence-corrected chi connectivity index (χ4v) is 1.55.